The molecule has 0 bridgehead atoms. The van der Waals surface area contributed by atoms with Crippen molar-refractivity contribution in [1.29, 1.82) is 0 Å². The van der Waals surface area contributed by atoms with Crippen LogP contribution < -0.4 is 0 Å². The van der Waals surface area contributed by atoms with Gasteiger partial charge in [-0.3, -0.25) is 4.79 Å². The third kappa shape index (κ3) is 5.38. The normalized spacial score (nSPS) is 21.0. The Morgan fingerprint density at radius 2 is 1.50 bits per heavy atom. The summed E-state index contributed by atoms with van der Waals surface area (Å²) < 4.78 is 12.7. The van der Waals surface area contributed by atoms with Gasteiger partial charge < -0.3 is 8.85 Å². The van der Waals surface area contributed by atoms with Crippen LogP contribution >= 0.6 is 0 Å². The minimum Gasteiger partial charge on any atom is -0.412 e. The minimum atomic E-state index is -1.84. The second kappa shape index (κ2) is 7.18. The van der Waals surface area contributed by atoms with Gasteiger partial charge in [0.15, 0.2) is 22.4 Å². The number of hydrogen-bond acceptors (Lipinski definition) is 3. The van der Waals surface area contributed by atoms with Gasteiger partial charge in [-0.25, -0.2) is 0 Å². The molecule has 0 saturated heterocycles. The molecule has 5 heteroatoms. The molecule has 1 aliphatic carbocycles. The van der Waals surface area contributed by atoms with E-state index < -0.39 is 16.6 Å². The van der Waals surface area contributed by atoms with Crippen LogP contribution in [0.5, 0.6) is 0 Å². The highest BCUT2D eigenvalue weighted by Gasteiger charge is 2.40. The van der Waals surface area contributed by atoms with E-state index in [4.69, 9.17) is 8.85 Å². The molecule has 0 aliphatic heterocycles. The molecule has 0 aromatic heterocycles. The Kier molecular flexibility index (Phi) is 6.52. The molecule has 0 heterocycles. The lowest BCUT2D eigenvalue weighted by molar-refractivity contribution is -0.116. The van der Waals surface area contributed by atoms with Crippen LogP contribution in [0.1, 0.15) is 54.4 Å². The molecular weight excluding hydrogens is 332 g/mol. The first-order chi connectivity index (χ1) is 10.6. The zero-order valence-electron chi connectivity index (χ0n) is 17.5. The fraction of sp³-hybridized carbons (Fsp3) is 0.842. The Hall–Kier alpha value is -0.236. The lowest BCUT2D eigenvalue weighted by Gasteiger charge is -2.40. The summed E-state index contributed by atoms with van der Waals surface area (Å²) in [5.74, 6) is 0.226. The molecule has 1 rings (SSSR count). The van der Waals surface area contributed by atoms with E-state index in [0.29, 0.717) is 13.0 Å². The van der Waals surface area contributed by atoms with E-state index >= 15 is 0 Å². The summed E-state index contributed by atoms with van der Waals surface area (Å²) in [6.45, 7) is 22.8. The zero-order chi connectivity index (χ0) is 19.0. The van der Waals surface area contributed by atoms with E-state index in [1.807, 2.05) is 6.08 Å². The molecule has 0 radical (unpaired) electrons. The SMILES string of the molecule is CC(C)(C)[Si](C)(C)OCC1=CC(O[Si](C)(C)C(C)(C)C)CCC1=O. The fourth-order valence-electron chi connectivity index (χ4n) is 2.09. The van der Waals surface area contributed by atoms with Gasteiger partial charge >= 0.3 is 0 Å². The molecular formula is C19H38O3Si2. The molecule has 0 saturated carbocycles. The van der Waals surface area contributed by atoms with Crippen LogP contribution in [0.25, 0.3) is 0 Å². The second-order valence-corrected chi connectivity index (χ2v) is 19.7. The van der Waals surface area contributed by atoms with Gasteiger partial charge in [-0.2, -0.15) is 0 Å². The van der Waals surface area contributed by atoms with Gasteiger partial charge in [0.05, 0.1) is 12.7 Å². The van der Waals surface area contributed by atoms with E-state index in [1.165, 1.54) is 0 Å². The van der Waals surface area contributed by atoms with E-state index in [1.54, 1.807) is 0 Å². The summed E-state index contributed by atoms with van der Waals surface area (Å²) in [4.78, 5) is 12.3. The van der Waals surface area contributed by atoms with Crippen LogP contribution in [0.3, 0.4) is 0 Å². The van der Waals surface area contributed by atoms with Gasteiger partial charge in [0.25, 0.3) is 0 Å². The molecule has 3 nitrogen and oxygen atoms in total. The first-order valence-electron chi connectivity index (χ1n) is 9.12. The summed E-state index contributed by atoms with van der Waals surface area (Å²) in [7, 11) is -3.66. The predicted molar refractivity (Wildman–Crippen MR) is 108 cm³/mol. The van der Waals surface area contributed by atoms with Crippen LogP contribution in [0.15, 0.2) is 11.6 Å². The molecule has 0 amide bonds. The Morgan fingerprint density at radius 3 is 1.96 bits per heavy atom. The molecule has 1 unspecified atom stereocenters. The maximum atomic E-state index is 12.3. The lowest BCUT2D eigenvalue weighted by atomic mass is 9.97. The van der Waals surface area contributed by atoms with Gasteiger partial charge in [0.1, 0.15) is 0 Å². The maximum absolute atomic E-state index is 12.3. The number of hydrogen-bond donors (Lipinski definition) is 0. The summed E-state index contributed by atoms with van der Waals surface area (Å²) in [6.07, 6.45) is 3.47. The molecule has 0 spiro atoms. The number of Topliss-reactive ketones (excluding diaryl/α,β-unsaturated/α-hetero) is 1. The van der Waals surface area contributed by atoms with Crippen LogP contribution in [-0.2, 0) is 13.6 Å². The third-order valence-electron chi connectivity index (χ3n) is 6.05. The first-order valence-corrected chi connectivity index (χ1v) is 14.9. The lowest BCUT2D eigenvalue weighted by Crippen LogP contribution is -2.45. The summed E-state index contributed by atoms with van der Waals surface area (Å²) in [5, 5.41) is 0.336. The van der Waals surface area contributed by atoms with Crippen molar-refractivity contribution in [3.63, 3.8) is 0 Å². The van der Waals surface area contributed by atoms with Gasteiger partial charge in [-0.1, -0.05) is 41.5 Å². The van der Waals surface area contributed by atoms with Crippen molar-refractivity contribution in [2.45, 2.75) is 96.8 Å². The first kappa shape index (κ1) is 21.8. The number of rotatable bonds is 5. The monoisotopic (exact) mass is 370 g/mol. The summed E-state index contributed by atoms with van der Waals surface area (Å²) in [5.41, 5.74) is 0.815. The van der Waals surface area contributed by atoms with E-state index in [-0.39, 0.29) is 22.0 Å². The van der Waals surface area contributed by atoms with Crippen LogP contribution in [0, 0.1) is 0 Å². The van der Waals surface area contributed by atoms with Gasteiger partial charge in [-0.15, -0.1) is 0 Å². The number of carbonyl (C=O) groups is 1. The van der Waals surface area contributed by atoms with Crippen molar-refractivity contribution in [2.24, 2.45) is 0 Å². The van der Waals surface area contributed by atoms with Crippen molar-refractivity contribution in [1.82, 2.24) is 0 Å². The number of ketones is 1. The van der Waals surface area contributed by atoms with Gasteiger partial charge in [0.2, 0.25) is 0 Å². The molecule has 0 fully saturated rings. The maximum Gasteiger partial charge on any atom is 0.192 e. The highest BCUT2D eigenvalue weighted by molar-refractivity contribution is 6.74. The highest BCUT2D eigenvalue weighted by Crippen LogP contribution is 2.39. The van der Waals surface area contributed by atoms with Crippen molar-refractivity contribution >= 4 is 22.4 Å². The summed E-state index contributed by atoms with van der Waals surface area (Å²) in [6, 6.07) is 0. The molecule has 140 valence electrons. The molecule has 0 N–H and O–H groups in total. The standard InChI is InChI=1S/C19H38O3Si2/c1-18(2,3)23(7,8)21-14-15-13-16(11-12-17(15)20)22-24(9,10)19(4,5)6/h13,16H,11-12,14H2,1-10H3. The largest absolute Gasteiger partial charge is 0.412 e. The van der Waals surface area contributed by atoms with E-state index in [9.17, 15) is 4.79 Å². The van der Waals surface area contributed by atoms with E-state index in [0.717, 1.165) is 12.0 Å². The van der Waals surface area contributed by atoms with Crippen LogP contribution in [-0.4, -0.2) is 35.1 Å². The Balaban J connectivity index is 2.83. The van der Waals surface area contributed by atoms with Crippen LogP contribution in [0.4, 0.5) is 0 Å². The smallest absolute Gasteiger partial charge is 0.192 e. The van der Waals surface area contributed by atoms with Gasteiger partial charge in [0, 0.05) is 12.0 Å². The Labute approximate surface area is 151 Å². The summed E-state index contributed by atoms with van der Waals surface area (Å²) >= 11 is 0. The number of carbonyl (C=O) groups excluding carboxylic acids is 1. The molecule has 0 aromatic rings. The molecule has 1 atom stereocenters. The average Bonchev–Trinajstić information content (AvgIpc) is 2.36. The zero-order valence-corrected chi connectivity index (χ0v) is 19.5. The molecule has 24 heavy (non-hydrogen) atoms. The topological polar surface area (TPSA) is 35.5 Å². The average molecular weight is 371 g/mol. The molecule has 1 aliphatic rings. The Morgan fingerprint density at radius 1 is 1.00 bits per heavy atom. The third-order valence-corrected chi connectivity index (χ3v) is 15.0. The minimum absolute atomic E-state index is 0.0570. The van der Waals surface area contributed by atoms with Crippen molar-refractivity contribution < 1.29 is 13.6 Å². The predicted octanol–water partition coefficient (Wildman–Crippen LogP) is 5.69. The van der Waals surface area contributed by atoms with Crippen molar-refractivity contribution in [2.75, 3.05) is 6.61 Å². The van der Waals surface area contributed by atoms with E-state index in [2.05, 4.69) is 67.7 Å². The van der Waals surface area contributed by atoms with Crippen molar-refractivity contribution in [3.8, 4) is 0 Å². The van der Waals surface area contributed by atoms with Gasteiger partial charge in [-0.05, 0) is 48.8 Å². The highest BCUT2D eigenvalue weighted by atomic mass is 28.4. The quantitative estimate of drug-likeness (QED) is 0.583. The van der Waals surface area contributed by atoms with Crippen molar-refractivity contribution in [3.05, 3.63) is 11.6 Å². The fourth-order valence-corrected chi connectivity index (χ4v) is 4.33. The second-order valence-electron chi connectivity index (χ2n) is 10.1. The Bertz CT molecular complexity index is 494. The van der Waals surface area contributed by atoms with Crippen LogP contribution in [0.2, 0.25) is 36.3 Å². The molecule has 0 aromatic carbocycles.